The molecular weight excluding hydrogens is 383 g/mol. The van der Waals surface area contributed by atoms with Crippen LogP contribution in [0.4, 0.5) is 0 Å². The van der Waals surface area contributed by atoms with Crippen LogP contribution < -0.4 is 10.6 Å². The Morgan fingerprint density at radius 2 is 1.90 bits per heavy atom. The molecule has 20 heavy (non-hydrogen) atoms. The number of hydrogen-bond acceptors (Lipinski definition) is 3. The summed E-state index contributed by atoms with van der Waals surface area (Å²) in [4.78, 5) is 9.68. The zero-order valence-electron chi connectivity index (χ0n) is 11.6. The lowest BCUT2D eigenvalue weighted by Gasteiger charge is -2.11. The first-order chi connectivity index (χ1) is 9.29. The van der Waals surface area contributed by atoms with Crippen LogP contribution in [0.2, 0.25) is 0 Å². The second-order valence-corrected chi connectivity index (χ2v) is 5.07. The van der Waals surface area contributed by atoms with Crippen LogP contribution in [-0.2, 0) is 13.1 Å². The molecule has 2 aromatic rings. The van der Waals surface area contributed by atoms with Gasteiger partial charge in [-0.15, -0.1) is 35.3 Å². The van der Waals surface area contributed by atoms with Crippen molar-refractivity contribution in [3.8, 4) is 0 Å². The molecule has 0 aliphatic rings. The minimum atomic E-state index is 0. The van der Waals surface area contributed by atoms with Gasteiger partial charge in [-0.2, -0.15) is 0 Å². The van der Waals surface area contributed by atoms with Gasteiger partial charge in [0, 0.05) is 18.5 Å². The zero-order chi connectivity index (χ0) is 13.5. The molecule has 0 unspecified atom stereocenters. The van der Waals surface area contributed by atoms with Crippen LogP contribution >= 0.6 is 35.3 Å². The van der Waals surface area contributed by atoms with Gasteiger partial charge in [-0.05, 0) is 12.5 Å². The van der Waals surface area contributed by atoms with Crippen LogP contribution in [0.5, 0.6) is 0 Å². The molecule has 0 bridgehead atoms. The SMILES string of the molecule is CN=C(NCc1ccccc1)NCc1scnc1C.I. The van der Waals surface area contributed by atoms with Crippen molar-refractivity contribution in [3.63, 3.8) is 0 Å². The molecule has 0 amide bonds. The number of thiazole rings is 1. The predicted molar refractivity (Wildman–Crippen MR) is 95.7 cm³/mol. The van der Waals surface area contributed by atoms with Crippen LogP contribution in [0.3, 0.4) is 0 Å². The molecule has 0 aliphatic heterocycles. The Labute approximate surface area is 140 Å². The van der Waals surface area contributed by atoms with E-state index in [0.29, 0.717) is 0 Å². The van der Waals surface area contributed by atoms with Crippen LogP contribution in [0.25, 0.3) is 0 Å². The molecule has 0 spiro atoms. The number of hydrogen-bond donors (Lipinski definition) is 2. The van der Waals surface area contributed by atoms with E-state index in [9.17, 15) is 0 Å². The average Bonchev–Trinajstić information content (AvgIpc) is 2.86. The molecule has 1 aromatic carbocycles. The number of nitrogens with zero attached hydrogens (tertiary/aromatic N) is 2. The number of rotatable bonds is 4. The van der Waals surface area contributed by atoms with Crippen molar-refractivity contribution >= 4 is 41.3 Å². The van der Waals surface area contributed by atoms with Crippen molar-refractivity contribution in [2.75, 3.05) is 7.05 Å². The first-order valence-electron chi connectivity index (χ1n) is 6.17. The van der Waals surface area contributed by atoms with Gasteiger partial charge in [-0.1, -0.05) is 30.3 Å². The minimum absolute atomic E-state index is 0. The molecule has 0 radical (unpaired) electrons. The Morgan fingerprint density at radius 3 is 2.50 bits per heavy atom. The zero-order valence-corrected chi connectivity index (χ0v) is 14.7. The standard InChI is InChI=1S/C14H18N4S.HI/c1-11-13(19-10-18-11)9-17-14(15-2)16-8-12-6-4-3-5-7-12;/h3-7,10H,8-9H2,1-2H3,(H2,15,16,17);1H. The number of aryl methyl sites for hydroxylation is 1. The quantitative estimate of drug-likeness (QED) is 0.470. The van der Waals surface area contributed by atoms with Crippen LogP contribution in [0.1, 0.15) is 16.1 Å². The fourth-order valence-corrected chi connectivity index (χ4v) is 2.38. The molecule has 2 N–H and O–H groups in total. The third-order valence-electron chi connectivity index (χ3n) is 2.79. The number of aromatic nitrogens is 1. The van der Waals surface area contributed by atoms with E-state index in [2.05, 4.69) is 32.7 Å². The largest absolute Gasteiger partial charge is 0.352 e. The van der Waals surface area contributed by atoms with Gasteiger partial charge in [-0.25, -0.2) is 4.98 Å². The van der Waals surface area contributed by atoms with E-state index in [4.69, 9.17) is 0 Å². The summed E-state index contributed by atoms with van der Waals surface area (Å²) in [6.45, 7) is 3.54. The van der Waals surface area contributed by atoms with Gasteiger partial charge >= 0.3 is 0 Å². The molecule has 1 aromatic heterocycles. The van der Waals surface area contributed by atoms with Gasteiger partial charge in [0.1, 0.15) is 0 Å². The normalized spacial score (nSPS) is 10.8. The highest BCUT2D eigenvalue weighted by molar-refractivity contribution is 14.0. The van der Waals surface area contributed by atoms with Crippen molar-refractivity contribution in [3.05, 3.63) is 52.0 Å². The highest BCUT2D eigenvalue weighted by Gasteiger charge is 2.03. The Hall–Kier alpha value is -1.15. The third-order valence-corrected chi connectivity index (χ3v) is 3.72. The van der Waals surface area contributed by atoms with Gasteiger partial charge in [-0.3, -0.25) is 4.99 Å². The van der Waals surface area contributed by atoms with Gasteiger partial charge in [0.05, 0.1) is 17.7 Å². The number of nitrogens with one attached hydrogen (secondary N) is 2. The maximum atomic E-state index is 4.23. The highest BCUT2D eigenvalue weighted by Crippen LogP contribution is 2.10. The lowest BCUT2D eigenvalue weighted by molar-refractivity contribution is 0.811. The second kappa shape index (κ2) is 8.91. The first kappa shape index (κ1) is 16.9. The topological polar surface area (TPSA) is 49.3 Å². The summed E-state index contributed by atoms with van der Waals surface area (Å²) >= 11 is 1.66. The molecular formula is C14H19IN4S. The monoisotopic (exact) mass is 402 g/mol. The van der Waals surface area contributed by atoms with Gasteiger partial charge in [0.15, 0.2) is 5.96 Å². The van der Waals surface area contributed by atoms with Crippen molar-refractivity contribution in [1.29, 1.82) is 0 Å². The van der Waals surface area contributed by atoms with E-state index >= 15 is 0 Å². The molecule has 2 rings (SSSR count). The molecule has 0 aliphatic carbocycles. The number of halogens is 1. The maximum absolute atomic E-state index is 4.23. The lowest BCUT2D eigenvalue weighted by atomic mass is 10.2. The lowest BCUT2D eigenvalue weighted by Crippen LogP contribution is -2.36. The van der Waals surface area contributed by atoms with Crippen molar-refractivity contribution in [2.24, 2.45) is 4.99 Å². The van der Waals surface area contributed by atoms with Crippen molar-refractivity contribution in [2.45, 2.75) is 20.0 Å². The fraction of sp³-hybridized carbons (Fsp3) is 0.286. The van der Waals surface area contributed by atoms with E-state index in [1.165, 1.54) is 10.4 Å². The highest BCUT2D eigenvalue weighted by atomic mass is 127. The fourth-order valence-electron chi connectivity index (χ4n) is 1.66. The van der Waals surface area contributed by atoms with E-state index in [1.54, 1.807) is 18.4 Å². The van der Waals surface area contributed by atoms with E-state index in [-0.39, 0.29) is 24.0 Å². The van der Waals surface area contributed by atoms with Gasteiger partial charge in [0.25, 0.3) is 0 Å². The smallest absolute Gasteiger partial charge is 0.191 e. The van der Waals surface area contributed by atoms with Crippen LogP contribution in [0.15, 0.2) is 40.8 Å². The summed E-state index contributed by atoms with van der Waals surface area (Å²) in [6, 6.07) is 10.3. The van der Waals surface area contributed by atoms with Crippen LogP contribution in [-0.4, -0.2) is 18.0 Å². The van der Waals surface area contributed by atoms with Crippen LogP contribution in [0, 0.1) is 6.92 Å². The Balaban J connectivity index is 0.00000200. The number of benzene rings is 1. The Bertz CT molecular complexity index is 539. The first-order valence-corrected chi connectivity index (χ1v) is 7.05. The predicted octanol–water partition coefficient (Wildman–Crippen LogP) is 2.93. The van der Waals surface area contributed by atoms with E-state index in [0.717, 1.165) is 24.7 Å². The van der Waals surface area contributed by atoms with E-state index < -0.39 is 0 Å². The summed E-state index contributed by atoms with van der Waals surface area (Å²) in [7, 11) is 1.78. The molecule has 1 heterocycles. The molecule has 6 heteroatoms. The molecule has 4 nitrogen and oxygen atoms in total. The Morgan fingerprint density at radius 1 is 1.20 bits per heavy atom. The number of aliphatic imine (C=N–C) groups is 1. The second-order valence-electron chi connectivity index (χ2n) is 4.13. The minimum Gasteiger partial charge on any atom is -0.352 e. The summed E-state index contributed by atoms with van der Waals surface area (Å²) < 4.78 is 0. The molecule has 0 atom stereocenters. The van der Waals surface area contributed by atoms with Gasteiger partial charge < -0.3 is 10.6 Å². The molecule has 0 saturated carbocycles. The van der Waals surface area contributed by atoms with Gasteiger partial charge in [0.2, 0.25) is 0 Å². The molecule has 0 saturated heterocycles. The van der Waals surface area contributed by atoms with Crippen molar-refractivity contribution < 1.29 is 0 Å². The third kappa shape index (κ3) is 5.09. The molecule has 108 valence electrons. The Kier molecular flexibility index (Phi) is 7.53. The summed E-state index contributed by atoms with van der Waals surface area (Å²) in [5.74, 6) is 0.802. The summed E-state index contributed by atoms with van der Waals surface area (Å²) in [5.41, 5.74) is 4.18. The average molecular weight is 402 g/mol. The summed E-state index contributed by atoms with van der Waals surface area (Å²) in [5, 5.41) is 6.58. The van der Waals surface area contributed by atoms with Crippen molar-refractivity contribution in [1.82, 2.24) is 15.6 Å². The number of guanidine groups is 1. The maximum Gasteiger partial charge on any atom is 0.191 e. The summed E-state index contributed by atoms with van der Waals surface area (Å²) in [6.07, 6.45) is 0. The van der Waals surface area contributed by atoms with E-state index in [1.807, 2.05) is 30.6 Å². The molecule has 0 fully saturated rings.